The molecule has 5 nitrogen and oxygen atoms in total. The molecule has 2 aromatic rings. The molecule has 140 valence electrons. The lowest BCUT2D eigenvalue weighted by Gasteiger charge is -2.21. The van der Waals surface area contributed by atoms with E-state index in [1.165, 1.54) is 5.56 Å². The van der Waals surface area contributed by atoms with Crippen molar-refractivity contribution in [2.75, 3.05) is 18.4 Å². The van der Waals surface area contributed by atoms with Crippen molar-refractivity contribution in [3.05, 3.63) is 47.9 Å². The zero-order valence-corrected chi connectivity index (χ0v) is 16.5. The summed E-state index contributed by atoms with van der Waals surface area (Å²) in [7, 11) is 0. The molecule has 0 fully saturated rings. The van der Waals surface area contributed by atoms with Crippen LogP contribution >= 0.6 is 0 Å². The van der Waals surface area contributed by atoms with Gasteiger partial charge in [0.1, 0.15) is 11.5 Å². The van der Waals surface area contributed by atoms with Gasteiger partial charge in [-0.1, -0.05) is 46.8 Å². The van der Waals surface area contributed by atoms with E-state index < -0.39 is 0 Å². The van der Waals surface area contributed by atoms with E-state index in [1.807, 2.05) is 17.0 Å². The fourth-order valence-corrected chi connectivity index (χ4v) is 2.72. The van der Waals surface area contributed by atoms with Gasteiger partial charge in [0, 0.05) is 18.8 Å². The summed E-state index contributed by atoms with van der Waals surface area (Å²) >= 11 is 0. The van der Waals surface area contributed by atoms with Gasteiger partial charge in [-0.15, -0.1) is 0 Å². The number of aromatic nitrogens is 2. The van der Waals surface area contributed by atoms with Gasteiger partial charge in [0.05, 0.1) is 12.4 Å². The number of hydrogen-bond donors (Lipinski definition) is 1. The number of carbonyl (C=O) groups is 1. The van der Waals surface area contributed by atoms with Crippen LogP contribution < -0.4 is 5.32 Å². The Morgan fingerprint density at radius 1 is 1.00 bits per heavy atom. The van der Waals surface area contributed by atoms with Gasteiger partial charge in [-0.05, 0) is 36.0 Å². The largest absolute Gasteiger partial charge is 0.339 e. The molecule has 0 spiro atoms. The van der Waals surface area contributed by atoms with Crippen molar-refractivity contribution in [3.63, 3.8) is 0 Å². The van der Waals surface area contributed by atoms with E-state index in [4.69, 9.17) is 0 Å². The number of benzene rings is 1. The molecule has 0 atom stereocenters. The number of nitrogens with zero attached hydrogens (tertiary/aromatic N) is 3. The number of hydrogen-bond acceptors (Lipinski definition) is 4. The number of rotatable bonds is 7. The van der Waals surface area contributed by atoms with E-state index in [2.05, 4.69) is 62.0 Å². The van der Waals surface area contributed by atoms with Crippen LogP contribution in [0.2, 0.25) is 0 Å². The van der Waals surface area contributed by atoms with Crippen LogP contribution in [0, 0.1) is 0 Å². The topological polar surface area (TPSA) is 58.1 Å². The third-order valence-corrected chi connectivity index (χ3v) is 4.17. The second kappa shape index (κ2) is 8.79. The number of nitrogens with one attached hydrogen (secondary N) is 1. The standard InChI is InChI=1S/C21H30N4O/c1-6-12-25(13-7-2)20(26)18-14-23-19(15-22-18)24-17-10-8-16(9-11-17)21(3,4)5/h8-11,14-15H,6-7,12-13H2,1-5H3,(H,23,24). The SMILES string of the molecule is CCCN(CCC)C(=O)c1cnc(Nc2ccc(C(C)(C)C)cc2)cn1. The molecule has 1 aromatic carbocycles. The molecular formula is C21H30N4O. The smallest absolute Gasteiger partial charge is 0.274 e. The van der Waals surface area contributed by atoms with Gasteiger partial charge in [-0.25, -0.2) is 9.97 Å². The van der Waals surface area contributed by atoms with Crippen LogP contribution in [0.3, 0.4) is 0 Å². The van der Waals surface area contributed by atoms with Crippen LogP contribution in [0.4, 0.5) is 11.5 Å². The maximum Gasteiger partial charge on any atom is 0.274 e. The second-order valence-corrected chi connectivity index (χ2v) is 7.53. The summed E-state index contributed by atoms with van der Waals surface area (Å²) in [5.41, 5.74) is 2.75. The number of amides is 1. The normalized spacial score (nSPS) is 11.3. The summed E-state index contributed by atoms with van der Waals surface area (Å²) in [5, 5.41) is 3.23. The molecule has 1 heterocycles. The summed E-state index contributed by atoms with van der Waals surface area (Å²) < 4.78 is 0. The van der Waals surface area contributed by atoms with Crippen molar-refractivity contribution in [2.45, 2.75) is 52.9 Å². The zero-order valence-electron chi connectivity index (χ0n) is 16.5. The Morgan fingerprint density at radius 3 is 2.08 bits per heavy atom. The fraction of sp³-hybridized carbons (Fsp3) is 0.476. The summed E-state index contributed by atoms with van der Waals surface area (Å²) in [4.78, 5) is 23.0. The zero-order chi connectivity index (χ0) is 19.2. The lowest BCUT2D eigenvalue weighted by atomic mass is 9.87. The number of carbonyl (C=O) groups excluding carboxylic acids is 1. The Morgan fingerprint density at radius 2 is 1.62 bits per heavy atom. The lowest BCUT2D eigenvalue weighted by Crippen LogP contribution is -2.33. The molecule has 1 aromatic heterocycles. The molecule has 0 saturated heterocycles. The minimum Gasteiger partial charge on any atom is -0.339 e. The average molecular weight is 354 g/mol. The molecule has 2 rings (SSSR count). The minimum absolute atomic E-state index is 0.0534. The van der Waals surface area contributed by atoms with Crippen LogP contribution in [0.15, 0.2) is 36.7 Å². The first-order chi connectivity index (χ1) is 12.3. The quantitative estimate of drug-likeness (QED) is 0.777. The maximum atomic E-state index is 12.5. The highest BCUT2D eigenvalue weighted by atomic mass is 16.2. The van der Waals surface area contributed by atoms with Gasteiger partial charge in [0.15, 0.2) is 0 Å². The number of anilines is 2. The summed E-state index contributed by atoms with van der Waals surface area (Å²) in [6.45, 7) is 12.2. The predicted octanol–water partition coefficient (Wildman–Crippen LogP) is 4.78. The molecule has 1 amide bonds. The van der Waals surface area contributed by atoms with Crippen LogP contribution in [0.5, 0.6) is 0 Å². The van der Waals surface area contributed by atoms with E-state index in [1.54, 1.807) is 12.4 Å². The Kier molecular flexibility index (Phi) is 6.72. The van der Waals surface area contributed by atoms with E-state index in [0.29, 0.717) is 11.5 Å². The Hall–Kier alpha value is -2.43. The van der Waals surface area contributed by atoms with Gasteiger partial charge < -0.3 is 10.2 Å². The molecule has 1 N–H and O–H groups in total. The van der Waals surface area contributed by atoms with Gasteiger partial charge >= 0.3 is 0 Å². The van der Waals surface area contributed by atoms with E-state index in [0.717, 1.165) is 31.6 Å². The van der Waals surface area contributed by atoms with Crippen LogP contribution in [-0.2, 0) is 5.41 Å². The third-order valence-electron chi connectivity index (χ3n) is 4.17. The molecule has 0 aliphatic heterocycles. The highest BCUT2D eigenvalue weighted by molar-refractivity contribution is 5.92. The van der Waals surface area contributed by atoms with Crippen molar-refractivity contribution < 1.29 is 4.79 Å². The molecule has 0 saturated carbocycles. The van der Waals surface area contributed by atoms with E-state index in [9.17, 15) is 4.79 Å². The molecule has 0 aliphatic carbocycles. The Balaban J connectivity index is 2.06. The average Bonchev–Trinajstić information content (AvgIpc) is 2.61. The summed E-state index contributed by atoms with van der Waals surface area (Å²) in [5.74, 6) is 0.574. The molecule has 0 radical (unpaired) electrons. The first kappa shape index (κ1) is 19.9. The molecule has 0 aliphatic rings. The van der Waals surface area contributed by atoms with Gasteiger partial charge in [0.2, 0.25) is 0 Å². The van der Waals surface area contributed by atoms with Crippen LogP contribution in [-0.4, -0.2) is 33.9 Å². The first-order valence-electron chi connectivity index (χ1n) is 9.34. The lowest BCUT2D eigenvalue weighted by molar-refractivity contribution is 0.0749. The van der Waals surface area contributed by atoms with Gasteiger partial charge in [-0.3, -0.25) is 4.79 Å². The van der Waals surface area contributed by atoms with Crippen molar-refractivity contribution in [1.82, 2.24) is 14.9 Å². The van der Waals surface area contributed by atoms with E-state index >= 15 is 0 Å². The monoisotopic (exact) mass is 354 g/mol. The van der Waals surface area contributed by atoms with Gasteiger partial charge in [-0.2, -0.15) is 0 Å². The van der Waals surface area contributed by atoms with Crippen LogP contribution in [0.1, 0.15) is 63.5 Å². The molecule has 5 heteroatoms. The predicted molar refractivity (Wildman–Crippen MR) is 107 cm³/mol. The first-order valence-corrected chi connectivity index (χ1v) is 9.34. The Labute approximate surface area is 156 Å². The third kappa shape index (κ3) is 5.28. The molecule has 0 bridgehead atoms. The van der Waals surface area contributed by atoms with Crippen LogP contribution in [0.25, 0.3) is 0 Å². The molecular weight excluding hydrogens is 324 g/mol. The Bertz CT molecular complexity index is 696. The van der Waals surface area contributed by atoms with Crippen molar-refractivity contribution in [2.24, 2.45) is 0 Å². The maximum absolute atomic E-state index is 12.5. The van der Waals surface area contributed by atoms with Crippen molar-refractivity contribution >= 4 is 17.4 Å². The second-order valence-electron chi connectivity index (χ2n) is 7.53. The summed E-state index contributed by atoms with van der Waals surface area (Å²) in [6.07, 6.45) is 5.03. The summed E-state index contributed by atoms with van der Waals surface area (Å²) in [6, 6.07) is 8.29. The highest BCUT2D eigenvalue weighted by Crippen LogP contribution is 2.24. The minimum atomic E-state index is -0.0534. The van der Waals surface area contributed by atoms with E-state index in [-0.39, 0.29) is 11.3 Å². The van der Waals surface area contributed by atoms with Gasteiger partial charge in [0.25, 0.3) is 5.91 Å². The highest BCUT2D eigenvalue weighted by Gasteiger charge is 2.16. The fourth-order valence-electron chi connectivity index (χ4n) is 2.72. The van der Waals surface area contributed by atoms with Crippen molar-refractivity contribution in [3.8, 4) is 0 Å². The molecule has 26 heavy (non-hydrogen) atoms. The van der Waals surface area contributed by atoms with Crippen molar-refractivity contribution in [1.29, 1.82) is 0 Å². The molecule has 0 unspecified atom stereocenters.